The van der Waals surface area contributed by atoms with Crippen LogP contribution in [0.1, 0.15) is 23.6 Å². The van der Waals surface area contributed by atoms with Gasteiger partial charge in [0, 0.05) is 23.5 Å². The topological polar surface area (TPSA) is 144 Å². The van der Waals surface area contributed by atoms with Crippen LogP contribution in [0.5, 0.6) is 11.5 Å². The first-order valence-corrected chi connectivity index (χ1v) is 12.5. The van der Waals surface area contributed by atoms with Gasteiger partial charge in [-0.3, -0.25) is 19.7 Å². The van der Waals surface area contributed by atoms with E-state index in [0.29, 0.717) is 28.1 Å². The van der Waals surface area contributed by atoms with Crippen LogP contribution in [0.25, 0.3) is 6.08 Å². The number of nitriles is 1. The van der Waals surface area contributed by atoms with Gasteiger partial charge in [-0.15, -0.1) is 0 Å². The fraction of sp³-hybridized carbons (Fsp3) is 0.179. The predicted molar refractivity (Wildman–Crippen MR) is 151 cm³/mol. The second-order valence-corrected chi connectivity index (χ2v) is 9.20. The molecule has 0 aliphatic carbocycles. The number of carbonyl (C=O) groups is 2. The summed E-state index contributed by atoms with van der Waals surface area (Å²) in [5.74, 6) is -0.515. The highest BCUT2D eigenvalue weighted by Gasteiger charge is 2.17. The van der Waals surface area contributed by atoms with E-state index < -0.39 is 10.8 Å². The van der Waals surface area contributed by atoms with E-state index in [1.54, 1.807) is 19.1 Å². The Balaban J connectivity index is 1.78. The number of amides is 2. The molecule has 0 spiro atoms. The van der Waals surface area contributed by atoms with Gasteiger partial charge in [-0.1, -0.05) is 23.8 Å². The lowest BCUT2D eigenvalue weighted by molar-refractivity contribution is -0.384. The lowest BCUT2D eigenvalue weighted by Crippen LogP contribution is -2.21. The number of anilines is 2. The molecule has 10 nitrogen and oxygen atoms in total. The summed E-state index contributed by atoms with van der Waals surface area (Å²) in [5.41, 5.74) is 2.89. The van der Waals surface area contributed by atoms with Crippen molar-refractivity contribution in [2.75, 3.05) is 23.8 Å². The van der Waals surface area contributed by atoms with E-state index in [-0.39, 0.29) is 35.2 Å². The SMILES string of the molecule is CCOc1cc(/C=C(/C#N)C(=O)Nc2cccc([N+](=O)[O-])c2)cc(Br)c1OCC(=O)Nc1ccc(C)cc1C. The molecule has 3 aromatic carbocycles. The summed E-state index contributed by atoms with van der Waals surface area (Å²) >= 11 is 3.42. The highest BCUT2D eigenvalue weighted by molar-refractivity contribution is 9.10. The van der Waals surface area contributed by atoms with Gasteiger partial charge in [0.2, 0.25) is 0 Å². The third kappa shape index (κ3) is 7.90. The van der Waals surface area contributed by atoms with Gasteiger partial charge in [-0.2, -0.15) is 5.26 Å². The van der Waals surface area contributed by atoms with Crippen molar-refractivity contribution in [1.82, 2.24) is 0 Å². The molecular formula is C28H25BrN4O6. The number of ether oxygens (including phenoxy) is 2. The van der Waals surface area contributed by atoms with Crippen LogP contribution >= 0.6 is 15.9 Å². The molecule has 0 saturated heterocycles. The van der Waals surface area contributed by atoms with Gasteiger partial charge in [-0.05, 0) is 78.2 Å². The Morgan fingerprint density at radius 2 is 1.87 bits per heavy atom. The Labute approximate surface area is 233 Å². The Hall–Kier alpha value is -4.69. The van der Waals surface area contributed by atoms with Crippen LogP contribution in [-0.4, -0.2) is 30.0 Å². The fourth-order valence-corrected chi connectivity index (χ4v) is 4.14. The Kier molecular flexibility index (Phi) is 9.78. The fourth-order valence-electron chi connectivity index (χ4n) is 3.56. The number of non-ortho nitro benzene ring substituents is 1. The molecule has 0 heterocycles. The van der Waals surface area contributed by atoms with E-state index in [9.17, 15) is 25.0 Å². The van der Waals surface area contributed by atoms with E-state index in [4.69, 9.17) is 9.47 Å². The van der Waals surface area contributed by atoms with Gasteiger partial charge < -0.3 is 20.1 Å². The van der Waals surface area contributed by atoms with Crippen molar-refractivity contribution in [2.24, 2.45) is 0 Å². The number of nitrogens with zero attached hydrogens (tertiary/aromatic N) is 2. The van der Waals surface area contributed by atoms with Crippen molar-refractivity contribution < 1.29 is 24.0 Å². The summed E-state index contributed by atoms with van der Waals surface area (Å²) in [4.78, 5) is 35.6. The monoisotopic (exact) mass is 592 g/mol. The second kappa shape index (κ2) is 13.2. The van der Waals surface area contributed by atoms with E-state index >= 15 is 0 Å². The van der Waals surface area contributed by atoms with Crippen LogP contribution < -0.4 is 20.1 Å². The van der Waals surface area contributed by atoms with Gasteiger partial charge in [-0.25, -0.2) is 0 Å². The van der Waals surface area contributed by atoms with Gasteiger partial charge in [0.25, 0.3) is 17.5 Å². The molecule has 0 saturated carbocycles. The van der Waals surface area contributed by atoms with E-state index in [1.165, 1.54) is 30.3 Å². The Morgan fingerprint density at radius 3 is 2.54 bits per heavy atom. The van der Waals surface area contributed by atoms with Crippen LogP contribution in [0.15, 0.2) is 64.6 Å². The number of nitro benzene ring substituents is 1. The number of hydrogen-bond donors (Lipinski definition) is 2. The molecule has 39 heavy (non-hydrogen) atoms. The van der Waals surface area contributed by atoms with Crippen molar-refractivity contribution in [3.8, 4) is 17.6 Å². The first-order chi connectivity index (χ1) is 18.6. The minimum atomic E-state index is -0.740. The van der Waals surface area contributed by atoms with Gasteiger partial charge in [0.15, 0.2) is 18.1 Å². The molecule has 2 N–H and O–H groups in total. The molecule has 0 atom stereocenters. The quantitative estimate of drug-likeness (QED) is 0.128. The Morgan fingerprint density at radius 1 is 1.10 bits per heavy atom. The number of aryl methyl sites for hydroxylation is 2. The molecule has 0 aliphatic heterocycles. The summed E-state index contributed by atoms with van der Waals surface area (Å²) < 4.78 is 11.9. The molecular weight excluding hydrogens is 568 g/mol. The molecule has 0 aromatic heterocycles. The summed E-state index contributed by atoms with van der Waals surface area (Å²) in [5, 5.41) is 25.9. The minimum absolute atomic E-state index is 0.175. The van der Waals surface area contributed by atoms with Crippen molar-refractivity contribution in [2.45, 2.75) is 20.8 Å². The molecule has 0 fully saturated rings. The molecule has 0 unspecified atom stereocenters. The molecule has 0 bridgehead atoms. The highest BCUT2D eigenvalue weighted by atomic mass is 79.9. The zero-order valence-corrected chi connectivity index (χ0v) is 23.0. The molecule has 0 radical (unpaired) electrons. The van der Waals surface area contributed by atoms with Crippen LogP contribution in [0.4, 0.5) is 17.1 Å². The lowest BCUT2D eigenvalue weighted by atomic mass is 10.1. The molecule has 0 aliphatic rings. The standard InChI is InChI=1S/C28H25BrN4O6/c1-4-38-25-13-19(11-20(15-30)28(35)31-21-6-5-7-22(14-21)33(36)37)12-23(29)27(25)39-16-26(34)32-24-9-8-17(2)10-18(24)3/h5-14H,4,16H2,1-3H3,(H,31,35)(H,32,34)/b20-11-. The summed E-state index contributed by atoms with van der Waals surface area (Å²) in [7, 11) is 0. The molecule has 3 aromatic rings. The first-order valence-electron chi connectivity index (χ1n) is 11.7. The smallest absolute Gasteiger partial charge is 0.271 e. The summed E-state index contributed by atoms with van der Waals surface area (Å²) in [6.45, 7) is 5.66. The van der Waals surface area contributed by atoms with E-state index in [0.717, 1.165) is 11.1 Å². The number of hydrogen-bond acceptors (Lipinski definition) is 7. The molecule has 200 valence electrons. The van der Waals surface area contributed by atoms with Gasteiger partial charge >= 0.3 is 0 Å². The summed E-state index contributed by atoms with van der Waals surface area (Å²) in [6.07, 6.45) is 1.34. The lowest BCUT2D eigenvalue weighted by Gasteiger charge is -2.15. The number of halogens is 1. The molecule has 11 heteroatoms. The molecule has 3 rings (SSSR count). The minimum Gasteiger partial charge on any atom is -0.490 e. The zero-order chi connectivity index (χ0) is 28.5. The maximum Gasteiger partial charge on any atom is 0.271 e. The first kappa shape index (κ1) is 28.9. The van der Waals surface area contributed by atoms with Crippen LogP contribution in [0.3, 0.4) is 0 Å². The van der Waals surface area contributed by atoms with Crippen LogP contribution in [-0.2, 0) is 9.59 Å². The normalized spacial score (nSPS) is 10.8. The number of nitrogens with one attached hydrogen (secondary N) is 2. The van der Waals surface area contributed by atoms with Crippen molar-refractivity contribution >= 4 is 50.9 Å². The van der Waals surface area contributed by atoms with Crippen LogP contribution in [0, 0.1) is 35.3 Å². The Bertz CT molecular complexity index is 1500. The van der Waals surface area contributed by atoms with Crippen LogP contribution in [0.2, 0.25) is 0 Å². The van der Waals surface area contributed by atoms with Crippen molar-refractivity contribution in [3.63, 3.8) is 0 Å². The van der Waals surface area contributed by atoms with E-state index in [1.807, 2.05) is 38.1 Å². The van der Waals surface area contributed by atoms with Crippen molar-refractivity contribution in [1.29, 1.82) is 5.26 Å². The number of nitro groups is 1. The third-order valence-corrected chi connectivity index (χ3v) is 5.92. The number of benzene rings is 3. The number of carbonyl (C=O) groups excluding carboxylic acids is 2. The molecule has 2 amide bonds. The summed E-state index contributed by atoms with van der Waals surface area (Å²) in [6, 6.07) is 16.1. The maximum absolute atomic E-state index is 12.7. The zero-order valence-electron chi connectivity index (χ0n) is 21.4. The average Bonchev–Trinajstić information content (AvgIpc) is 2.88. The maximum atomic E-state index is 12.7. The van der Waals surface area contributed by atoms with Gasteiger partial charge in [0.05, 0.1) is 16.0 Å². The second-order valence-electron chi connectivity index (χ2n) is 8.35. The van der Waals surface area contributed by atoms with Gasteiger partial charge in [0.1, 0.15) is 11.6 Å². The highest BCUT2D eigenvalue weighted by Crippen LogP contribution is 2.37. The third-order valence-electron chi connectivity index (χ3n) is 5.33. The number of rotatable bonds is 10. The average molecular weight is 593 g/mol. The van der Waals surface area contributed by atoms with Crippen molar-refractivity contribution in [3.05, 3.63) is 91.4 Å². The largest absolute Gasteiger partial charge is 0.490 e. The predicted octanol–water partition coefficient (Wildman–Crippen LogP) is 5.94. The van der Waals surface area contributed by atoms with E-state index in [2.05, 4.69) is 26.6 Å².